The maximum Gasteiger partial charge on any atom is 0.239 e. The summed E-state index contributed by atoms with van der Waals surface area (Å²) in [5.74, 6) is 0.0360. The Kier molecular flexibility index (Phi) is 2.64. The van der Waals surface area contributed by atoms with Crippen molar-refractivity contribution in [3.05, 3.63) is 0 Å². The van der Waals surface area contributed by atoms with Gasteiger partial charge >= 0.3 is 0 Å². The number of hydrogen-bond donors (Lipinski definition) is 2. The minimum atomic E-state index is 0.0360. The zero-order chi connectivity index (χ0) is 8.27. The maximum absolute atomic E-state index is 10.9. The minimum Gasteiger partial charge on any atom is -0.366 e. The highest BCUT2D eigenvalue weighted by Gasteiger charge is 2.16. The molecule has 0 bridgehead atoms. The van der Waals surface area contributed by atoms with Gasteiger partial charge in [-0.3, -0.25) is 4.79 Å². The highest BCUT2D eigenvalue weighted by atomic mass is 32.1. The SMILES string of the molecule is CNC(=S)N1CCNC(=O)C1. The van der Waals surface area contributed by atoms with Crippen LogP contribution in [-0.4, -0.2) is 42.6 Å². The lowest BCUT2D eigenvalue weighted by molar-refractivity contribution is -0.122. The molecule has 1 amide bonds. The van der Waals surface area contributed by atoms with Gasteiger partial charge in [-0.15, -0.1) is 0 Å². The number of piperazine rings is 1. The van der Waals surface area contributed by atoms with Gasteiger partial charge in [0.15, 0.2) is 5.11 Å². The lowest BCUT2D eigenvalue weighted by Crippen LogP contribution is -2.52. The van der Waals surface area contributed by atoms with E-state index >= 15 is 0 Å². The number of nitrogens with zero attached hydrogens (tertiary/aromatic N) is 1. The molecule has 1 rings (SSSR count). The Morgan fingerprint density at radius 1 is 1.82 bits per heavy atom. The molecule has 5 heteroatoms. The van der Waals surface area contributed by atoms with Crippen molar-refractivity contribution in [1.82, 2.24) is 15.5 Å². The number of nitrogens with one attached hydrogen (secondary N) is 2. The van der Waals surface area contributed by atoms with Gasteiger partial charge in [-0.25, -0.2) is 0 Å². The Morgan fingerprint density at radius 3 is 3.09 bits per heavy atom. The summed E-state index contributed by atoms with van der Waals surface area (Å²) in [6.45, 7) is 1.85. The van der Waals surface area contributed by atoms with Gasteiger partial charge < -0.3 is 15.5 Å². The van der Waals surface area contributed by atoms with Crippen LogP contribution in [0.25, 0.3) is 0 Å². The summed E-state index contributed by atoms with van der Waals surface area (Å²) in [6.07, 6.45) is 0. The molecule has 0 aromatic rings. The number of hydrogen-bond acceptors (Lipinski definition) is 2. The fourth-order valence-corrected chi connectivity index (χ4v) is 1.13. The first kappa shape index (κ1) is 8.26. The third-order valence-corrected chi connectivity index (χ3v) is 2.00. The first-order chi connectivity index (χ1) is 5.24. The van der Waals surface area contributed by atoms with Gasteiger partial charge in [-0.2, -0.15) is 0 Å². The molecule has 0 spiro atoms. The van der Waals surface area contributed by atoms with Crippen LogP contribution in [0.1, 0.15) is 0 Å². The van der Waals surface area contributed by atoms with Gasteiger partial charge in [-0.05, 0) is 12.2 Å². The topological polar surface area (TPSA) is 44.4 Å². The number of rotatable bonds is 0. The van der Waals surface area contributed by atoms with Gasteiger partial charge in [0, 0.05) is 20.1 Å². The molecule has 0 radical (unpaired) electrons. The van der Waals surface area contributed by atoms with Crippen molar-refractivity contribution in [3.63, 3.8) is 0 Å². The van der Waals surface area contributed by atoms with Crippen molar-refractivity contribution < 1.29 is 4.79 Å². The van der Waals surface area contributed by atoms with Crippen molar-refractivity contribution in [2.24, 2.45) is 0 Å². The van der Waals surface area contributed by atoms with Crippen LogP contribution >= 0.6 is 12.2 Å². The van der Waals surface area contributed by atoms with E-state index in [4.69, 9.17) is 12.2 Å². The van der Waals surface area contributed by atoms with E-state index in [0.29, 0.717) is 18.2 Å². The Hall–Kier alpha value is -0.840. The Labute approximate surface area is 70.9 Å². The molecule has 4 nitrogen and oxygen atoms in total. The molecule has 1 aliphatic rings. The van der Waals surface area contributed by atoms with Crippen molar-refractivity contribution in [2.45, 2.75) is 0 Å². The molecule has 0 aliphatic carbocycles. The Bertz CT molecular complexity index is 183. The summed E-state index contributed by atoms with van der Waals surface area (Å²) >= 11 is 4.96. The molecular formula is C6H11N3OS. The van der Waals surface area contributed by atoms with Crippen LogP contribution in [0.4, 0.5) is 0 Å². The van der Waals surface area contributed by atoms with E-state index in [1.807, 2.05) is 4.90 Å². The lowest BCUT2D eigenvalue weighted by atomic mass is 10.4. The summed E-state index contributed by atoms with van der Waals surface area (Å²) in [7, 11) is 1.76. The predicted octanol–water partition coefficient (Wildman–Crippen LogP) is -1.08. The predicted molar refractivity (Wildman–Crippen MR) is 46.2 cm³/mol. The summed E-state index contributed by atoms with van der Waals surface area (Å²) in [5, 5.41) is 6.19. The molecule has 1 heterocycles. The molecule has 0 atom stereocenters. The summed E-state index contributed by atoms with van der Waals surface area (Å²) in [5.41, 5.74) is 0. The van der Waals surface area contributed by atoms with E-state index in [1.165, 1.54) is 0 Å². The van der Waals surface area contributed by atoms with E-state index < -0.39 is 0 Å². The van der Waals surface area contributed by atoms with Crippen LogP contribution in [0.15, 0.2) is 0 Å². The summed E-state index contributed by atoms with van der Waals surface area (Å²) < 4.78 is 0. The van der Waals surface area contributed by atoms with Crippen molar-refractivity contribution >= 4 is 23.2 Å². The average molecular weight is 173 g/mol. The van der Waals surface area contributed by atoms with Crippen molar-refractivity contribution in [2.75, 3.05) is 26.7 Å². The van der Waals surface area contributed by atoms with Crippen LogP contribution in [0.5, 0.6) is 0 Å². The first-order valence-electron chi connectivity index (χ1n) is 3.47. The van der Waals surface area contributed by atoms with E-state index in [2.05, 4.69) is 10.6 Å². The summed E-state index contributed by atoms with van der Waals surface area (Å²) in [4.78, 5) is 12.7. The van der Waals surface area contributed by atoms with Gasteiger partial charge in [-0.1, -0.05) is 0 Å². The fourth-order valence-electron chi connectivity index (χ4n) is 0.970. The molecule has 62 valence electrons. The van der Waals surface area contributed by atoms with E-state index in [0.717, 1.165) is 6.54 Å². The zero-order valence-corrected chi connectivity index (χ0v) is 7.20. The molecule has 0 saturated carbocycles. The van der Waals surface area contributed by atoms with Gasteiger partial charge in [0.25, 0.3) is 0 Å². The number of carbonyl (C=O) groups excluding carboxylic acids is 1. The van der Waals surface area contributed by atoms with E-state index in [-0.39, 0.29) is 5.91 Å². The zero-order valence-electron chi connectivity index (χ0n) is 6.39. The summed E-state index contributed by atoms with van der Waals surface area (Å²) in [6, 6.07) is 0. The number of amides is 1. The second kappa shape index (κ2) is 3.52. The van der Waals surface area contributed by atoms with Gasteiger partial charge in [0.2, 0.25) is 5.91 Å². The largest absolute Gasteiger partial charge is 0.366 e. The molecular weight excluding hydrogens is 162 g/mol. The molecule has 1 aliphatic heterocycles. The first-order valence-corrected chi connectivity index (χ1v) is 3.88. The fraction of sp³-hybridized carbons (Fsp3) is 0.667. The van der Waals surface area contributed by atoms with Crippen LogP contribution in [-0.2, 0) is 4.79 Å². The maximum atomic E-state index is 10.9. The van der Waals surface area contributed by atoms with Crippen molar-refractivity contribution in [3.8, 4) is 0 Å². The van der Waals surface area contributed by atoms with Gasteiger partial charge in [0.05, 0.1) is 6.54 Å². The molecule has 1 saturated heterocycles. The highest BCUT2D eigenvalue weighted by molar-refractivity contribution is 7.80. The number of thiocarbonyl (C=S) groups is 1. The standard InChI is InChI=1S/C6H11N3OS/c1-7-6(11)9-3-2-8-5(10)4-9/h2-4H2,1H3,(H,7,11)(H,8,10). The molecule has 0 aromatic heterocycles. The second-order valence-corrected chi connectivity index (χ2v) is 2.71. The molecule has 11 heavy (non-hydrogen) atoms. The highest BCUT2D eigenvalue weighted by Crippen LogP contribution is 1.93. The van der Waals surface area contributed by atoms with Crippen LogP contribution in [0.2, 0.25) is 0 Å². The average Bonchev–Trinajstić information content (AvgIpc) is 2.03. The second-order valence-electron chi connectivity index (χ2n) is 2.33. The number of carbonyl (C=O) groups is 1. The monoisotopic (exact) mass is 173 g/mol. The molecule has 1 fully saturated rings. The smallest absolute Gasteiger partial charge is 0.239 e. The van der Waals surface area contributed by atoms with Crippen LogP contribution in [0, 0.1) is 0 Å². The lowest BCUT2D eigenvalue weighted by Gasteiger charge is -2.28. The van der Waals surface area contributed by atoms with Crippen LogP contribution in [0.3, 0.4) is 0 Å². The molecule has 0 aromatic carbocycles. The Morgan fingerprint density at radius 2 is 2.55 bits per heavy atom. The Balaban J connectivity index is 2.45. The van der Waals surface area contributed by atoms with Crippen LogP contribution < -0.4 is 10.6 Å². The molecule has 0 unspecified atom stereocenters. The molecule has 2 N–H and O–H groups in total. The quantitative estimate of drug-likeness (QED) is 0.457. The van der Waals surface area contributed by atoms with E-state index in [9.17, 15) is 4.79 Å². The van der Waals surface area contributed by atoms with E-state index in [1.54, 1.807) is 7.05 Å². The minimum absolute atomic E-state index is 0.0360. The third-order valence-electron chi connectivity index (χ3n) is 1.54. The third kappa shape index (κ3) is 2.04. The van der Waals surface area contributed by atoms with Gasteiger partial charge in [0.1, 0.15) is 0 Å². The van der Waals surface area contributed by atoms with Crippen molar-refractivity contribution in [1.29, 1.82) is 0 Å². The normalized spacial score (nSPS) is 17.5.